The van der Waals surface area contributed by atoms with Gasteiger partial charge in [-0.1, -0.05) is 6.92 Å². The molecule has 0 aromatic heterocycles. The Hall–Kier alpha value is -1.10. The molecule has 0 amide bonds. The lowest BCUT2D eigenvalue weighted by atomic mass is 9.79. The third kappa shape index (κ3) is 1.86. The summed E-state index contributed by atoms with van der Waals surface area (Å²) in [7, 11) is 0. The van der Waals surface area contributed by atoms with E-state index in [1.807, 2.05) is 20.8 Å². The molecule has 5 heteroatoms. The lowest BCUT2D eigenvalue weighted by molar-refractivity contribution is -0.165. The molecule has 19 heavy (non-hydrogen) atoms. The summed E-state index contributed by atoms with van der Waals surface area (Å²) in [6.07, 6.45) is 0.816. The zero-order valence-electron chi connectivity index (χ0n) is 11.5. The SMILES string of the molecule is CCC(C)(C)C(=O)OC1CC2OC1C1C(=O)OCC21. The summed E-state index contributed by atoms with van der Waals surface area (Å²) in [5.74, 6) is -0.486. The van der Waals surface area contributed by atoms with Crippen molar-refractivity contribution in [1.82, 2.24) is 0 Å². The molecule has 0 aromatic carbocycles. The van der Waals surface area contributed by atoms with Crippen LogP contribution < -0.4 is 0 Å². The van der Waals surface area contributed by atoms with Gasteiger partial charge in [0.05, 0.1) is 24.0 Å². The van der Waals surface area contributed by atoms with Crippen molar-refractivity contribution in [2.24, 2.45) is 17.3 Å². The van der Waals surface area contributed by atoms with Crippen LogP contribution >= 0.6 is 0 Å². The minimum Gasteiger partial charge on any atom is -0.465 e. The lowest BCUT2D eigenvalue weighted by Crippen LogP contribution is -2.42. The Balaban J connectivity index is 1.69. The van der Waals surface area contributed by atoms with Crippen LogP contribution in [-0.4, -0.2) is 36.9 Å². The first-order valence-electron chi connectivity index (χ1n) is 6.97. The fourth-order valence-corrected chi connectivity index (χ4v) is 3.13. The highest BCUT2D eigenvalue weighted by Gasteiger charge is 2.62. The van der Waals surface area contributed by atoms with Gasteiger partial charge in [-0.05, 0) is 20.3 Å². The van der Waals surface area contributed by atoms with Crippen molar-refractivity contribution in [2.75, 3.05) is 6.61 Å². The molecule has 5 atom stereocenters. The van der Waals surface area contributed by atoms with Crippen LogP contribution in [0.3, 0.4) is 0 Å². The van der Waals surface area contributed by atoms with Gasteiger partial charge in [0.25, 0.3) is 0 Å². The molecule has 5 unspecified atom stereocenters. The smallest absolute Gasteiger partial charge is 0.312 e. The summed E-state index contributed by atoms with van der Waals surface area (Å²) in [4.78, 5) is 23.8. The van der Waals surface area contributed by atoms with Crippen LogP contribution in [-0.2, 0) is 23.8 Å². The molecule has 3 rings (SSSR count). The zero-order valence-corrected chi connectivity index (χ0v) is 11.5. The van der Waals surface area contributed by atoms with Crippen molar-refractivity contribution in [3.63, 3.8) is 0 Å². The third-order valence-electron chi connectivity index (χ3n) is 4.84. The summed E-state index contributed by atoms with van der Waals surface area (Å²) in [5.41, 5.74) is -0.489. The van der Waals surface area contributed by atoms with Crippen LogP contribution in [0.1, 0.15) is 33.6 Å². The molecular formula is C14H20O5. The standard InChI is InChI=1S/C14H20O5/c1-4-14(2,3)13(16)19-9-5-8-7-6-17-12(15)10(7)11(9)18-8/h7-11H,4-6H2,1-3H3. The normalized spacial score (nSPS) is 40.2. The Labute approximate surface area is 112 Å². The predicted octanol–water partition coefficient (Wildman–Crippen LogP) is 1.29. The zero-order chi connectivity index (χ0) is 13.8. The maximum absolute atomic E-state index is 12.1. The van der Waals surface area contributed by atoms with Crippen molar-refractivity contribution < 1.29 is 23.8 Å². The van der Waals surface area contributed by atoms with Crippen LogP contribution in [0.5, 0.6) is 0 Å². The predicted molar refractivity (Wildman–Crippen MR) is 65.2 cm³/mol. The molecule has 3 heterocycles. The first-order valence-corrected chi connectivity index (χ1v) is 6.97. The Bertz CT molecular complexity index is 416. The van der Waals surface area contributed by atoms with E-state index in [1.165, 1.54) is 0 Å². The molecule has 3 saturated heterocycles. The van der Waals surface area contributed by atoms with Crippen LogP contribution in [0.25, 0.3) is 0 Å². The second-order valence-electron chi connectivity index (χ2n) is 6.38. The summed E-state index contributed by atoms with van der Waals surface area (Å²) in [5, 5.41) is 0. The summed E-state index contributed by atoms with van der Waals surface area (Å²) >= 11 is 0. The summed E-state index contributed by atoms with van der Waals surface area (Å²) in [6, 6.07) is 0. The van der Waals surface area contributed by atoms with Crippen LogP contribution in [0, 0.1) is 17.3 Å². The topological polar surface area (TPSA) is 61.8 Å². The molecule has 2 bridgehead atoms. The first-order chi connectivity index (χ1) is 8.94. The highest BCUT2D eigenvalue weighted by molar-refractivity contribution is 5.78. The molecular weight excluding hydrogens is 248 g/mol. The highest BCUT2D eigenvalue weighted by atomic mass is 16.6. The second kappa shape index (κ2) is 4.20. The number of fused-ring (bicyclic) bond motifs is 5. The first kappa shape index (κ1) is 12.9. The maximum atomic E-state index is 12.1. The minimum absolute atomic E-state index is 0.00369. The highest BCUT2D eigenvalue weighted by Crippen LogP contribution is 2.48. The van der Waals surface area contributed by atoms with Gasteiger partial charge in [-0.25, -0.2) is 0 Å². The molecule has 106 valence electrons. The molecule has 0 aliphatic carbocycles. The van der Waals surface area contributed by atoms with Gasteiger partial charge in [0.15, 0.2) is 0 Å². The quantitative estimate of drug-likeness (QED) is 0.722. The molecule has 0 radical (unpaired) electrons. The van der Waals surface area contributed by atoms with E-state index in [-0.39, 0.29) is 42.1 Å². The number of carbonyl (C=O) groups is 2. The summed E-state index contributed by atoms with van der Waals surface area (Å²) < 4.78 is 16.5. The van der Waals surface area contributed by atoms with E-state index in [1.54, 1.807) is 0 Å². The molecule has 0 aromatic rings. The van der Waals surface area contributed by atoms with E-state index in [2.05, 4.69) is 0 Å². The largest absolute Gasteiger partial charge is 0.465 e. The lowest BCUT2D eigenvalue weighted by Gasteiger charge is -2.28. The number of hydrogen-bond donors (Lipinski definition) is 0. The van der Waals surface area contributed by atoms with Crippen LogP contribution in [0.2, 0.25) is 0 Å². The van der Waals surface area contributed by atoms with Crippen LogP contribution in [0.15, 0.2) is 0 Å². The maximum Gasteiger partial charge on any atom is 0.312 e. The second-order valence-corrected chi connectivity index (χ2v) is 6.38. The van der Waals surface area contributed by atoms with Gasteiger partial charge in [-0.2, -0.15) is 0 Å². The Morgan fingerprint density at radius 3 is 2.89 bits per heavy atom. The number of hydrogen-bond acceptors (Lipinski definition) is 5. The third-order valence-corrected chi connectivity index (χ3v) is 4.84. The fraction of sp³-hybridized carbons (Fsp3) is 0.857. The molecule has 5 nitrogen and oxygen atoms in total. The monoisotopic (exact) mass is 268 g/mol. The van der Waals surface area contributed by atoms with Gasteiger partial charge in [0, 0.05) is 12.3 Å². The molecule has 3 aliphatic heterocycles. The molecule has 0 spiro atoms. The van der Waals surface area contributed by atoms with Crippen molar-refractivity contribution >= 4 is 11.9 Å². The van der Waals surface area contributed by atoms with E-state index in [9.17, 15) is 9.59 Å². The van der Waals surface area contributed by atoms with Gasteiger partial charge >= 0.3 is 11.9 Å². The Morgan fingerprint density at radius 1 is 1.47 bits per heavy atom. The van der Waals surface area contributed by atoms with Crippen molar-refractivity contribution in [3.05, 3.63) is 0 Å². The van der Waals surface area contributed by atoms with E-state index in [0.29, 0.717) is 13.0 Å². The van der Waals surface area contributed by atoms with E-state index < -0.39 is 5.41 Å². The van der Waals surface area contributed by atoms with Gasteiger partial charge in [0.2, 0.25) is 0 Å². The average molecular weight is 268 g/mol. The van der Waals surface area contributed by atoms with Crippen molar-refractivity contribution in [1.29, 1.82) is 0 Å². The Morgan fingerprint density at radius 2 is 2.21 bits per heavy atom. The van der Waals surface area contributed by atoms with Gasteiger partial charge in [-0.15, -0.1) is 0 Å². The van der Waals surface area contributed by atoms with E-state index in [0.717, 1.165) is 6.42 Å². The van der Waals surface area contributed by atoms with Gasteiger partial charge in [-0.3, -0.25) is 9.59 Å². The van der Waals surface area contributed by atoms with Gasteiger partial charge < -0.3 is 14.2 Å². The average Bonchev–Trinajstić information content (AvgIpc) is 3.02. The van der Waals surface area contributed by atoms with E-state index in [4.69, 9.17) is 14.2 Å². The fourth-order valence-electron chi connectivity index (χ4n) is 3.13. The number of esters is 2. The number of rotatable bonds is 3. The minimum atomic E-state index is -0.489. The van der Waals surface area contributed by atoms with Crippen molar-refractivity contribution in [3.8, 4) is 0 Å². The number of cyclic esters (lactones) is 1. The Kier molecular flexibility index (Phi) is 2.85. The molecule has 3 aliphatic rings. The molecule has 0 N–H and O–H groups in total. The molecule has 0 saturated carbocycles. The summed E-state index contributed by atoms with van der Waals surface area (Å²) in [6.45, 7) is 6.15. The number of ether oxygens (including phenoxy) is 3. The van der Waals surface area contributed by atoms with Gasteiger partial charge in [0.1, 0.15) is 12.2 Å². The number of carbonyl (C=O) groups excluding carboxylic acids is 2. The molecule has 3 fully saturated rings. The van der Waals surface area contributed by atoms with Crippen LogP contribution in [0.4, 0.5) is 0 Å². The van der Waals surface area contributed by atoms with E-state index >= 15 is 0 Å². The van der Waals surface area contributed by atoms with Crippen molar-refractivity contribution in [2.45, 2.75) is 51.9 Å².